The maximum Gasteiger partial charge on any atom is 0.0487 e. The minimum atomic E-state index is 0.222. The fourth-order valence-electron chi connectivity index (χ4n) is 1.09. The summed E-state index contributed by atoms with van der Waals surface area (Å²) in [5.41, 5.74) is 0.222. The molecule has 0 aliphatic carbocycles. The van der Waals surface area contributed by atoms with Crippen LogP contribution in [0.25, 0.3) is 0 Å². The third-order valence-electron chi connectivity index (χ3n) is 2.59. The van der Waals surface area contributed by atoms with Crippen molar-refractivity contribution in [1.29, 1.82) is 0 Å². The van der Waals surface area contributed by atoms with Crippen molar-refractivity contribution >= 4 is 0 Å². The molecule has 0 radical (unpaired) electrons. The smallest absolute Gasteiger partial charge is 0.0487 e. The molecule has 9 heavy (non-hydrogen) atoms. The third-order valence-corrected chi connectivity index (χ3v) is 2.59. The Morgan fingerprint density at radius 2 is 1.33 bits per heavy atom. The van der Waals surface area contributed by atoms with Gasteiger partial charge in [0.05, 0.1) is 0 Å². The molecule has 1 N–H and O–H groups in total. The van der Waals surface area contributed by atoms with E-state index in [0.717, 1.165) is 19.3 Å². The molecule has 56 valence electrons. The Kier molecular flexibility index (Phi) is 3.87. The van der Waals surface area contributed by atoms with Crippen LogP contribution < -0.4 is 0 Å². The second kappa shape index (κ2) is 3.89. The largest absolute Gasteiger partial charge is 0.396 e. The van der Waals surface area contributed by atoms with Gasteiger partial charge in [0.15, 0.2) is 0 Å². The predicted octanol–water partition coefficient (Wildman–Crippen LogP) is 2.20. The quantitative estimate of drug-likeness (QED) is 0.618. The van der Waals surface area contributed by atoms with Gasteiger partial charge in [-0.1, -0.05) is 20.8 Å². The molecular formula is C8H18O. The maximum absolute atomic E-state index is 8.98. The van der Waals surface area contributed by atoms with E-state index in [2.05, 4.69) is 20.8 Å². The summed E-state index contributed by atoms with van der Waals surface area (Å²) in [6, 6.07) is 0. The summed E-state index contributed by atoms with van der Waals surface area (Å²) in [6.07, 6.45) is 3.28. The summed E-state index contributed by atoms with van der Waals surface area (Å²) in [4.78, 5) is 0. The minimum Gasteiger partial charge on any atom is -0.396 e. The van der Waals surface area contributed by atoms with Gasteiger partial charge in [-0.05, 0) is 24.7 Å². The van der Waals surface area contributed by atoms with Crippen LogP contribution in [0.5, 0.6) is 0 Å². The van der Waals surface area contributed by atoms with Gasteiger partial charge in [0.25, 0.3) is 0 Å². The van der Waals surface area contributed by atoms with Crippen molar-refractivity contribution in [2.45, 2.75) is 40.0 Å². The Morgan fingerprint density at radius 1 is 1.00 bits per heavy atom. The fourth-order valence-corrected chi connectivity index (χ4v) is 1.09. The van der Waals surface area contributed by atoms with E-state index in [-0.39, 0.29) is 5.41 Å². The van der Waals surface area contributed by atoms with Crippen molar-refractivity contribution in [3.05, 3.63) is 0 Å². The van der Waals surface area contributed by atoms with Crippen LogP contribution in [-0.2, 0) is 0 Å². The Hall–Kier alpha value is -0.0400. The van der Waals surface area contributed by atoms with Crippen LogP contribution in [-0.4, -0.2) is 11.7 Å². The van der Waals surface area contributed by atoms with Gasteiger partial charge in [0.1, 0.15) is 0 Å². The molecule has 0 saturated carbocycles. The topological polar surface area (TPSA) is 20.2 Å². The molecule has 0 rings (SSSR count). The third kappa shape index (κ3) is 1.98. The normalized spacial score (nSPS) is 12.0. The number of hydrogen-bond acceptors (Lipinski definition) is 1. The molecule has 0 spiro atoms. The van der Waals surface area contributed by atoms with Crippen LogP contribution in [0, 0.1) is 5.41 Å². The molecule has 0 bridgehead atoms. The molecule has 0 atom stereocenters. The first kappa shape index (κ1) is 8.96. The highest BCUT2D eigenvalue weighted by Gasteiger charge is 2.21. The second-order valence-electron chi connectivity index (χ2n) is 2.72. The molecule has 1 nitrogen and oxygen atoms in total. The maximum atomic E-state index is 8.98. The number of hydrogen-bond donors (Lipinski definition) is 1. The molecule has 0 heterocycles. The van der Waals surface area contributed by atoms with E-state index >= 15 is 0 Å². The summed E-state index contributed by atoms with van der Waals surface area (Å²) < 4.78 is 0. The summed E-state index contributed by atoms with van der Waals surface area (Å²) in [6.45, 7) is 6.77. The number of rotatable bonds is 4. The highest BCUT2D eigenvalue weighted by molar-refractivity contribution is 4.72. The molecule has 0 unspecified atom stereocenters. The highest BCUT2D eigenvalue weighted by Crippen LogP contribution is 2.28. The fraction of sp³-hybridized carbons (Fsp3) is 1.00. The molecule has 0 aliphatic rings. The zero-order chi connectivity index (χ0) is 7.33. The Morgan fingerprint density at radius 3 is 1.33 bits per heavy atom. The molecule has 0 saturated heterocycles. The van der Waals surface area contributed by atoms with E-state index in [9.17, 15) is 0 Å². The summed E-state index contributed by atoms with van der Waals surface area (Å²) in [5, 5.41) is 8.98. The first-order valence-electron chi connectivity index (χ1n) is 3.85. The van der Waals surface area contributed by atoms with Gasteiger partial charge < -0.3 is 5.11 Å². The number of aliphatic hydroxyl groups excluding tert-OH is 1. The first-order chi connectivity index (χ1) is 4.24. The average Bonchev–Trinajstić information content (AvgIpc) is 1.95. The van der Waals surface area contributed by atoms with Crippen LogP contribution in [0.3, 0.4) is 0 Å². The summed E-state index contributed by atoms with van der Waals surface area (Å²) in [5.74, 6) is 0. The van der Waals surface area contributed by atoms with Crippen LogP contribution in [0.1, 0.15) is 40.0 Å². The Bertz CT molecular complexity index is 47.5. The average molecular weight is 130 g/mol. The van der Waals surface area contributed by atoms with Crippen molar-refractivity contribution < 1.29 is 5.11 Å². The van der Waals surface area contributed by atoms with Crippen LogP contribution in [0.15, 0.2) is 0 Å². The minimum absolute atomic E-state index is 0.222. The van der Waals surface area contributed by atoms with E-state index < -0.39 is 0 Å². The zero-order valence-electron chi connectivity index (χ0n) is 6.78. The lowest BCUT2D eigenvalue weighted by atomic mass is 9.81. The van der Waals surface area contributed by atoms with Crippen LogP contribution in [0.4, 0.5) is 0 Å². The summed E-state index contributed by atoms with van der Waals surface area (Å²) in [7, 11) is 0. The first-order valence-corrected chi connectivity index (χ1v) is 3.85. The van der Waals surface area contributed by atoms with Gasteiger partial charge in [0, 0.05) is 6.61 Å². The molecule has 0 aliphatic heterocycles. The lowest BCUT2D eigenvalue weighted by molar-refractivity contribution is 0.111. The molecule has 0 aromatic rings. The monoisotopic (exact) mass is 130 g/mol. The highest BCUT2D eigenvalue weighted by atomic mass is 16.3. The van der Waals surface area contributed by atoms with E-state index in [1.807, 2.05) is 0 Å². The zero-order valence-corrected chi connectivity index (χ0v) is 6.78. The molecule has 1 heteroatoms. The second-order valence-corrected chi connectivity index (χ2v) is 2.72. The lowest BCUT2D eigenvalue weighted by Gasteiger charge is -2.27. The van der Waals surface area contributed by atoms with Gasteiger partial charge in [-0.15, -0.1) is 0 Å². The van der Waals surface area contributed by atoms with Crippen molar-refractivity contribution in [2.24, 2.45) is 5.41 Å². The SMILES string of the molecule is CCC(CC)(CC)CO. The lowest BCUT2D eigenvalue weighted by Crippen LogP contribution is -2.22. The van der Waals surface area contributed by atoms with Gasteiger partial charge >= 0.3 is 0 Å². The van der Waals surface area contributed by atoms with E-state index in [1.165, 1.54) is 0 Å². The van der Waals surface area contributed by atoms with Gasteiger partial charge in [-0.25, -0.2) is 0 Å². The number of aliphatic hydroxyl groups is 1. The van der Waals surface area contributed by atoms with Crippen molar-refractivity contribution in [2.75, 3.05) is 6.61 Å². The predicted molar refractivity (Wildman–Crippen MR) is 40.4 cm³/mol. The molecule has 0 aromatic heterocycles. The van der Waals surface area contributed by atoms with E-state index in [4.69, 9.17) is 5.11 Å². The van der Waals surface area contributed by atoms with Crippen molar-refractivity contribution in [1.82, 2.24) is 0 Å². The molecule has 0 aromatic carbocycles. The van der Waals surface area contributed by atoms with Gasteiger partial charge in [0.2, 0.25) is 0 Å². The van der Waals surface area contributed by atoms with Gasteiger partial charge in [-0.3, -0.25) is 0 Å². The Labute approximate surface area is 58.1 Å². The van der Waals surface area contributed by atoms with E-state index in [0.29, 0.717) is 6.61 Å². The van der Waals surface area contributed by atoms with Crippen molar-refractivity contribution in [3.8, 4) is 0 Å². The molecule has 0 fully saturated rings. The van der Waals surface area contributed by atoms with Crippen LogP contribution in [0.2, 0.25) is 0 Å². The van der Waals surface area contributed by atoms with E-state index in [1.54, 1.807) is 0 Å². The molecule has 0 amide bonds. The van der Waals surface area contributed by atoms with Gasteiger partial charge in [-0.2, -0.15) is 0 Å². The standard InChI is InChI=1S/C8H18O/c1-4-8(5-2,6-3)7-9/h9H,4-7H2,1-3H3. The Balaban J connectivity index is 3.82. The summed E-state index contributed by atoms with van der Waals surface area (Å²) >= 11 is 0. The van der Waals surface area contributed by atoms with Crippen LogP contribution >= 0.6 is 0 Å². The van der Waals surface area contributed by atoms with Crippen molar-refractivity contribution in [3.63, 3.8) is 0 Å². The molecular weight excluding hydrogens is 112 g/mol.